The molecule has 2 atom stereocenters. The van der Waals surface area contributed by atoms with Crippen molar-refractivity contribution in [2.75, 3.05) is 13.1 Å². The van der Waals surface area contributed by atoms with Gasteiger partial charge in [-0.2, -0.15) is 0 Å². The summed E-state index contributed by atoms with van der Waals surface area (Å²) in [5.74, 6) is 0.0561. The first kappa shape index (κ1) is 13.2. The molecule has 1 aromatic rings. The number of carbonyl (C=O) groups excluding carboxylic acids is 1. The van der Waals surface area contributed by atoms with E-state index in [4.69, 9.17) is 23.2 Å². The number of nitrogens with zero attached hydrogens (tertiary/aromatic N) is 1. The van der Waals surface area contributed by atoms with Gasteiger partial charge in [0.25, 0.3) is 5.91 Å². The summed E-state index contributed by atoms with van der Waals surface area (Å²) in [5.41, 5.74) is 0.594. The summed E-state index contributed by atoms with van der Waals surface area (Å²) in [5, 5.41) is 4.41. The van der Waals surface area contributed by atoms with Gasteiger partial charge in [-0.1, -0.05) is 23.2 Å². The Hall–Kier alpha value is -0.770. The predicted molar refractivity (Wildman–Crippen MR) is 76.9 cm³/mol. The summed E-state index contributed by atoms with van der Waals surface area (Å²) in [6.45, 7) is 1.87. The maximum absolute atomic E-state index is 12.7. The number of nitrogens with one attached hydrogen (secondary N) is 1. The van der Waals surface area contributed by atoms with Crippen LogP contribution in [0.2, 0.25) is 10.0 Å². The van der Waals surface area contributed by atoms with Gasteiger partial charge in [-0.25, -0.2) is 0 Å². The van der Waals surface area contributed by atoms with Crippen molar-refractivity contribution >= 4 is 29.1 Å². The van der Waals surface area contributed by atoms with Crippen LogP contribution in [0.15, 0.2) is 18.2 Å². The van der Waals surface area contributed by atoms with Crippen molar-refractivity contribution in [1.29, 1.82) is 0 Å². The SMILES string of the molecule is O=C(c1cc(Cl)cc(Cl)c1)N1C2CCNCC1CC2. The van der Waals surface area contributed by atoms with E-state index in [-0.39, 0.29) is 5.91 Å². The Morgan fingerprint density at radius 2 is 1.79 bits per heavy atom. The van der Waals surface area contributed by atoms with Crippen LogP contribution < -0.4 is 5.32 Å². The molecule has 0 aromatic heterocycles. The normalized spacial score (nSPS) is 26.3. The number of rotatable bonds is 1. The molecule has 2 heterocycles. The molecule has 19 heavy (non-hydrogen) atoms. The Kier molecular flexibility index (Phi) is 3.70. The molecular formula is C14H16Cl2N2O. The van der Waals surface area contributed by atoms with E-state index in [2.05, 4.69) is 5.32 Å². The molecular weight excluding hydrogens is 283 g/mol. The van der Waals surface area contributed by atoms with Crippen molar-refractivity contribution in [2.24, 2.45) is 0 Å². The fraction of sp³-hybridized carbons (Fsp3) is 0.500. The highest BCUT2D eigenvalue weighted by Gasteiger charge is 2.38. The minimum atomic E-state index is 0.0561. The molecule has 2 aliphatic heterocycles. The Bertz CT molecular complexity index is 472. The van der Waals surface area contributed by atoms with Gasteiger partial charge in [-0.05, 0) is 44.0 Å². The van der Waals surface area contributed by atoms with Gasteiger partial charge < -0.3 is 10.2 Å². The third kappa shape index (κ3) is 2.60. The van der Waals surface area contributed by atoms with Crippen molar-refractivity contribution in [3.8, 4) is 0 Å². The topological polar surface area (TPSA) is 32.3 Å². The van der Waals surface area contributed by atoms with E-state index >= 15 is 0 Å². The van der Waals surface area contributed by atoms with Crippen LogP contribution in [0.1, 0.15) is 29.6 Å². The maximum Gasteiger partial charge on any atom is 0.254 e. The molecule has 2 saturated heterocycles. The van der Waals surface area contributed by atoms with Gasteiger partial charge in [0.15, 0.2) is 0 Å². The second kappa shape index (κ2) is 5.31. The fourth-order valence-corrected chi connectivity index (χ4v) is 3.67. The minimum absolute atomic E-state index is 0.0561. The second-order valence-corrected chi connectivity index (χ2v) is 6.12. The molecule has 0 spiro atoms. The lowest BCUT2D eigenvalue weighted by Gasteiger charge is -2.28. The van der Waals surface area contributed by atoms with Crippen LogP contribution in [0.25, 0.3) is 0 Å². The molecule has 2 bridgehead atoms. The first-order valence-corrected chi connectivity index (χ1v) is 7.40. The summed E-state index contributed by atoms with van der Waals surface area (Å²) in [6.07, 6.45) is 3.21. The highest BCUT2D eigenvalue weighted by Crippen LogP contribution is 2.30. The molecule has 2 fully saturated rings. The van der Waals surface area contributed by atoms with Crippen LogP contribution in [-0.4, -0.2) is 36.0 Å². The van der Waals surface area contributed by atoms with Crippen molar-refractivity contribution in [3.63, 3.8) is 0 Å². The average Bonchev–Trinajstić information content (AvgIpc) is 2.60. The van der Waals surface area contributed by atoms with E-state index in [1.54, 1.807) is 18.2 Å². The van der Waals surface area contributed by atoms with Gasteiger partial charge in [0.1, 0.15) is 0 Å². The summed E-state index contributed by atoms with van der Waals surface area (Å²) in [6, 6.07) is 5.71. The summed E-state index contributed by atoms with van der Waals surface area (Å²) in [4.78, 5) is 14.7. The largest absolute Gasteiger partial charge is 0.331 e. The Labute approximate surface area is 122 Å². The molecule has 102 valence electrons. The number of amides is 1. The van der Waals surface area contributed by atoms with Crippen molar-refractivity contribution in [3.05, 3.63) is 33.8 Å². The maximum atomic E-state index is 12.7. The highest BCUT2D eigenvalue weighted by atomic mass is 35.5. The Morgan fingerprint density at radius 1 is 1.11 bits per heavy atom. The number of carbonyl (C=O) groups is 1. The quantitative estimate of drug-likeness (QED) is 0.864. The number of fused-ring (bicyclic) bond motifs is 2. The van der Waals surface area contributed by atoms with E-state index in [0.717, 1.165) is 32.4 Å². The molecule has 2 unspecified atom stereocenters. The van der Waals surface area contributed by atoms with E-state index in [9.17, 15) is 4.79 Å². The molecule has 1 amide bonds. The third-order valence-electron chi connectivity index (χ3n) is 4.00. The lowest BCUT2D eigenvalue weighted by Crippen LogP contribution is -2.42. The monoisotopic (exact) mass is 298 g/mol. The lowest BCUT2D eigenvalue weighted by molar-refractivity contribution is 0.0680. The molecule has 0 radical (unpaired) electrons. The van der Waals surface area contributed by atoms with E-state index in [1.807, 2.05) is 4.90 Å². The van der Waals surface area contributed by atoms with Gasteiger partial charge in [0, 0.05) is 34.2 Å². The Balaban J connectivity index is 1.90. The van der Waals surface area contributed by atoms with Gasteiger partial charge in [0.05, 0.1) is 0 Å². The van der Waals surface area contributed by atoms with Crippen molar-refractivity contribution < 1.29 is 4.79 Å². The molecule has 1 N–H and O–H groups in total. The molecule has 3 rings (SSSR count). The smallest absolute Gasteiger partial charge is 0.254 e. The van der Waals surface area contributed by atoms with Crippen LogP contribution in [0.3, 0.4) is 0 Å². The molecule has 0 saturated carbocycles. The van der Waals surface area contributed by atoms with E-state index in [1.165, 1.54) is 0 Å². The standard InChI is InChI=1S/C14H16Cl2N2O/c15-10-5-9(6-11(16)7-10)14(19)18-12-1-2-13(18)8-17-4-3-12/h5-7,12-13,17H,1-4,8H2. The van der Waals surface area contributed by atoms with Crippen LogP contribution in [0.4, 0.5) is 0 Å². The molecule has 5 heteroatoms. The average molecular weight is 299 g/mol. The van der Waals surface area contributed by atoms with E-state index in [0.29, 0.717) is 27.7 Å². The number of benzene rings is 1. The highest BCUT2D eigenvalue weighted by molar-refractivity contribution is 6.35. The second-order valence-electron chi connectivity index (χ2n) is 5.25. The zero-order valence-electron chi connectivity index (χ0n) is 10.5. The van der Waals surface area contributed by atoms with Gasteiger partial charge in [-0.15, -0.1) is 0 Å². The first-order chi connectivity index (χ1) is 9.15. The molecule has 2 aliphatic rings. The summed E-state index contributed by atoms with van der Waals surface area (Å²) >= 11 is 12.0. The first-order valence-electron chi connectivity index (χ1n) is 6.64. The van der Waals surface area contributed by atoms with Crippen molar-refractivity contribution in [2.45, 2.75) is 31.3 Å². The Morgan fingerprint density at radius 3 is 2.53 bits per heavy atom. The molecule has 0 aliphatic carbocycles. The number of halogens is 2. The van der Waals surface area contributed by atoms with Gasteiger partial charge >= 0.3 is 0 Å². The summed E-state index contributed by atoms with van der Waals surface area (Å²) in [7, 11) is 0. The molecule has 1 aromatic carbocycles. The fourth-order valence-electron chi connectivity index (χ4n) is 3.14. The predicted octanol–water partition coefficient (Wildman–Crippen LogP) is 2.96. The number of hydrogen-bond donors (Lipinski definition) is 1. The van der Waals surface area contributed by atoms with Gasteiger partial charge in [0.2, 0.25) is 0 Å². The van der Waals surface area contributed by atoms with Crippen molar-refractivity contribution in [1.82, 2.24) is 10.2 Å². The van der Waals surface area contributed by atoms with E-state index < -0.39 is 0 Å². The zero-order chi connectivity index (χ0) is 13.4. The molecule has 3 nitrogen and oxygen atoms in total. The van der Waals surface area contributed by atoms with Crippen LogP contribution in [0.5, 0.6) is 0 Å². The third-order valence-corrected chi connectivity index (χ3v) is 4.43. The van der Waals surface area contributed by atoms with Gasteiger partial charge in [-0.3, -0.25) is 4.79 Å². The van der Waals surface area contributed by atoms with Crippen LogP contribution >= 0.6 is 23.2 Å². The minimum Gasteiger partial charge on any atom is -0.331 e. The lowest BCUT2D eigenvalue weighted by atomic mass is 10.1. The zero-order valence-corrected chi connectivity index (χ0v) is 12.0. The van der Waals surface area contributed by atoms with Crippen LogP contribution in [0, 0.1) is 0 Å². The summed E-state index contributed by atoms with van der Waals surface area (Å²) < 4.78 is 0. The number of hydrogen-bond acceptors (Lipinski definition) is 2. The van der Waals surface area contributed by atoms with Crippen LogP contribution in [-0.2, 0) is 0 Å².